The molecule has 17 heavy (non-hydrogen) atoms. The highest BCUT2D eigenvalue weighted by atomic mass is 32.1. The van der Waals surface area contributed by atoms with Gasteiger partial charge in [-0.1, -0.05) is 6.92 Å². The lowest BCUT2D eigenvalue weighted by molar-refractivity contribution is 0.0251. The molecule has 0 radical (unpaired) electrons. The van der Waals surface area contributed by atoms with Crippen LogP contribution < -0.4 is 4.74 Å². The lowest BCUT2D eigenvalue weighted by Gasteiger charge is -2.33. The number of piperidine rings is 1. The predicted molar refractivity (Wildman–Crippen MR) is 66.6 cm³/mol. The first-order chi connectivity index (χ1) is 8.11. The van der Waals surface area contributed by atoms with E-state index in [1.165, 1.54) is 11.3 Å². The van der Waals surface area contributed by atoms with Gasteiger partial charge in [-0.15, -0.1) is 11.3 Å². The molecule has 0 saturated carbocycles. The Morgan fingerprint density at radius 2 is 2.41 bits per heavy atom. The molecule has 1 aromatic heterocycles. The van der Waals surface area contributed by atoms with Gasteiger partial charge in [0.2, 0.25) is 0 Å². The molecular formula is C12H17NO3S. The number of hydrogen-bond acceptors (Lipinski definition) is 4. The normalized spacial score (nSPS) is 24.8. The van der Waals surface area contributed by atoms with Crippen LogP contribution in [0.25, 0.3) is 0 Å². The zero-order chi connectivity index (χ0) is 12.4. The molecule has 1 amide bonds. The molecule has 1 aromatic rings. The van der Waals surface area contributed by atoms with E-state index in [2.05, 4.69) is 0 Å². The Labute approximate surface area is 105 Å². The summed E-state index contributed by atoms with van der Waals surface area (Å²) in [5.41, 5.74) is 0. The van der Waals surface area contributed by atoms with Gasteiger partial charge in [0.25, 0.3) is 5.91 Å². The van der Waals surface area contributed by atoms with Gasteiger partial charge < -0.3 is 14.7 Å². The molecule has 1 N–H and O–H groups in total. The summed E-state index contributed by atoms with van der Waals surface area (Å²) < 4.78 is 5.06. The molecule has 0 aromatic carbocycles. The van der Waals surface area contributed by atoms with Crippen molar-refractivity contribution in [3.8, 4) is 5.75 Å². The quantitative estimate of drug-likeness (QED) is 0.873. The van der Waals surface area contributed by atoms with Crippen LogP contribution in [-0.4, -0.2) is 42.2 Å². The van der Waals surface area contributed by atoms with E-state index in [0.717, 1.165) is 13.0 Å². The smallest absolute Gasteiger partial charge is 0.264 e. The minimum Gasteiger partial charge on any atom is -0.496 e. The summed E-state index contributed by atoms with van der Waals surface area (Å²) in [5, 5.41) is 11.6. The van der Waals surface area contributed by atoms with Crippen LogP contribution in [0.1, 0.15) is 23.0 Å². The standard InChI is InChI=1S/C12H17NO3S/c1-8-3-4-13(6-10(8)14)12(15)11-5-9(16-2)7-17-11/h5,7-8,10,14H,3-4,6H2,1-2H3. The van der Waals surface area contributed by atoms with Crippen LogP contribution in [0.3, 0.4) is 0 Å². The Balaban J connectivity index is 2.05. The third-order valence-corrected chi connectivity index (χ3v) is 4.12. The highest BCUT2D eigenvalue weighted by Crippen LogP contribution is 2.25. The van der Waals surface area contributed by atoms with Crippen molar-refractivity contribution in [3.63, 3.8) is 0 Å². The average molecular weight is 255 g/mol. The molecule has 0 aliphatic carbocycles. The maximum Gasteiger partial charge on any atom is 0.264 e. The van der Waals surface area contributed by atoms with Crippen molar-refractivity contribution in [2.24, 2.45) is 5.92 Å². The van der Waals surface area contributed by atoms with Crippen LogP contribution in [0.2, 0.25) is 0 Å². The Hall–Kier alpha value is -1.07. The summed E-state index contributed by atoms with van der Waals surface area (Å²) in [6, 6.07) is 1.75. The first-order valence-corrected chi connectivity index (χ1v) is 6.59. The molecular weight excluding hydrogens is 238 g/mol. The Kier molecular flexibility index (Phi) is 3.69. The molecule has 5 heteroatoms. The summed E-state index contributed by atoms with van der Waals surface area (Å²) in [4.78, 5) is 14.5. The summed E-state index contributed by atoms with van der Waals surface area (Å²) in [5.74, 6) is 0.977. The van der Waals surface area contributed by atoms with Crippen molar-refractivity contribution in [2.45, 2.75) is 19.4 Å². The van der Waals surface area contributed by atoms with E-state index in [1.54, 1.807) is 18.1 Å². The first kappa shape index (κ1) is 12.4. The van der Waals surface area contributed by atoms with Gasteiger partial charge in [-0.05, 0) is 12.3 Å². The van der Waals surface area contributed by atoms with E-state index in [-0.39, 0.29) is 11.8 Å². The van der Waals surface area contributed by atoms with Gasteiger partial charge in [-0.25, -0.2) is 0 Å². The van der Waals surface area contributed by atoms with Crippen molar-refractivity contribution < 1.29 is 14.6 Å². The van der Waals surface area contributed by atoms with E-state index >= 15 is 0 Å². The van der Waals surface area contributed by atoms with Gasteiger partial charge in [-0.3, -0.25) is 4.79 Å². The fraction of sp³-hybridized carbons (Fsp3) is 0.583. The number of amides is 1. The van der Waals surface area contributed by atoms with Gasteiger partial charge in [0.15, 0.2) is 0 Å². The van der Waals surface area contributed by atoms with Crippen molar-refractivity contribution in [2.75, 3.05) is 20.2 Å². The van der Waals surface area contributed by atoms with Crippen LogP contribution in [0.5, 0.6) is 5.75 Å². The molecule has 2 heterocycles. The number of carbonyl (C=O) groups is 1. The van der Waals surface area contributed by atoms with Crippen molar-refractivity contribution >= 4 is 17.2 Å². The summed E-state index contributed by atoms with van der Waals surface area (Å²) in [6.45, 7) is 3.16. The number of ether oxygens (including phenoxy) is 1. The molecule has 0 spiro atoms. The third kappa shape index (κ3) is 2.61. The number of aliphatic hydroxyl groups is 1. The summed E-state index contributed by atoms with van der Waals surface area (Å²) in [6.07, 6.45) is 0.449. The molecule has 1 fully saturated rings. The summed E-state index contributed by atoms with van der Waals surface area (Å²) >= 11 is 1.38. The van der Waals surface area contributed by atoms with Gasteiger partial charge >= 0.3 is 0 Å². The third-order valence-electron chi connectivity index (χ3n) is 3.23. The highest BCUT2D eigenvalue weighted by Gasteiger charge is 2.28. The lowest BCUT2D eigenvalue weighted by Crippen LogP contribution is -2.45. The molecule has 0 bridgehead atoms. The Morgan fingerprint density at radius 1 is 1.65 bits per heavy atom. The molecule has 2 atom stereocenters. The molecule has 1 saturated heterocycles. The average Bonchev–Trinajstić information content (AvgIpc) is 2.80. The number of thiophene rings is 1. The maximum absolute atomic E-state index is 12.2. The predicted octanol–water partition coefficient (Wildman–Crippen LogP) is 1.60. The SMILES string of the molecule is COc1csc(C(=O)N2CCC(C)C(O)C2)c1. The zero-order valence-electron chi connectivity index (χ0n) is 10.0. The fourth-order valence-corrected chi connectivity index (χ4v) is 2.75. The van der Waals surface area contributed by atoms with E-state index in [0.29, 0.717) is 17.2 Å². The second kappa shape index (κ2) is 5.06. The van der Waals surface area contributed by atoms with E-state index in [9.17, 15) is 9.90 Å². The number of hydrogen-bond donors (Lipinski definition) is 1. The van der Waals surface area contributed by atoms with E-state index in [1.807, 2.05) is 12.3 Å². The van der Waals surface area contributed by atoms with Crippen molar-refractivity contribution in [1.29, 1.82) is 0 Å². The number of nitrogens with zero attached hydrogens (tertiary/aromatic N) is 1. The Bertz CT molecular complexity index is 404. The van der Waals surface area contributed by atoms with Crippen LogP contribution in [0, 0.1) is 5.92 Å². The molecule has 4 nitrogen and oxygen atoms in total. The number of aliphatic hydroxyl groups excluding tert-OH is 1. The van der Waals surface area contributed by atoms with Crippen LogP contribution >= 0.6 is 11.3 Å². The topological polar surface area (TPSA) is 49.8 Å². The second-order valence-corrected chi connectivity index (χ2v) is 5.35. The van der Waals surface area contributed by atoms with Crippen LogP contribution in [-0.2, 0) is 0 Å². The molecule has 2 rings (SSSR count). The van der Waals surface area contributed by atoms with Gasteiger partial charge in [0.1, 0.15) is 5.75 Å². The molecule has 2 unspecified atom stereocenters. The maximum atomic E-state index is 12.2. The minimum absolute atomic E-state index is 0.00995. The van der Waals surface area contributed by atoms with Gasteiger partial charge in [0.05, 0.1) is 18.1 Å². The van der Waals surface area contributed by atoms with Crippen molar-refractivity contribution in [3.05, 3.63) is 16.3 Å². The van der Waals surface area contributed by atoms with Gasteiger partial charge in [-0.2, -0.15) is 0 Å². The largest absolute Gasteiger partial charge is 0.496 e. The number of likely N-dealkylation sites (tertiary alicyclic amines) is 1. The number of carbonyl (C=O) groups excluding carboxylic acids is 1. The van der Waals surface area contributed by atoms with E-state index < -0.39 is 6.10 Å². The van der Waals surface area contributed by atoms with Crippen LogP contribution in [0.4, 0.5) is 0 Å². The van der Waals surface area contributed by atoms with Gasteiger partial charge in [0, 0.05) is 24.5 Å². The number of rotatable bonds is 2. The number of methoxy groups -OCH3 is 1. The van der Waals surface area contributed by atoms with Crippen molar-refractivity contribution in [1.82, 2.24) is 4.90 Å². The number of β-amino-alcohol motifs (C(OH)–C–C–N with tert-alkyl or cyclic N) is 1. The lowest BCUT2D eigenvalue weighted by atomic mass is 9.96. The fourth-order valence-electron chi connectivity index (χ4n) is 1.93. The van der Waals surface area contributed by atoms with Crippen LogP contribution in [0.15, 0.2) is 11.4 Å². The summed E-state index contributed by atoms with van der Waals surface area (Å²) in [7, 11) is 1.59. The molecule has 94 valence electrons. The van der Waals surface area contributed by atoms with E-state index in [4.69, 9.17) is 4.74 Å². The monoisotopic (exact) mass is 255 g/mol. The highest BCUT2D eigenvalue weighted by molar-refractivity contribution is 7.12. The first-order valence-electron chi connectivity index (χ1n) is 5.71. The molecule has 1 aliphatic rings. The minimum atomic E-state index is -0.408. The second-order valence-electron chi connectivity index (χ2n) is 4.44. The zero-order valence-corrected chi connectivity index (χ0v) is 10.9. The molecule has 1 aliphatic heterocycles. The Morgan fingerprint density at radius 3 is 3.00 bits per heavy atom.